The Morgan fingerprint density at radius 3 is 2.39 bits per heavy atom. The van der Waals surface area contributed by atoms with Crippen molar-refractivity contribution in [3.8, 4) is 0 Å². The first-order chi connectivity index (χ1) is 13.2. The van der Waals surface area contributed by atoms with Crippen LogP contribution in [0.25, 0.3) is 0 Å². The van der Waals surface area contributed by atoms with Crippen molar-refractivity contribution in [2.45, 2.75) is 56.0 Å². The van der Waals surface area contributed by atoms with Crippen molar-refractivity contribution in [1.29, 1.82) is 0 Å². The van der Waals surface area contributed by atoms with Gasteiger partial charge in [0.05, 0.1) is 11.1 Å². The number of hydrogen-bond donors (Lipinski definition) is 0. The summed E-state index contributed by atoms with van der Waals surface area (Å²) in [5.74, 6) is 3.95. The Bertz CT molecular complexity index is 991. The van der Waals surface area contributed by atoms with Crippen LogP contribution in [0.1, 0.15) is 39.5 Å². The minimum Gasteiger partial charge on any atom is -0.271 e. The van der Waals surface area contributed by atoms with E-state index in [0.29, 0.717) is 17.8 Å². The maximum atomic E-state index is 13.6. The van der Waals surface area contributed by atoms with Crippen molar-refractivity contribution < 1.29 is 13.2 Å². The van der Waals surface area contributed by atoms with Gasteiger partial charge in [0, 0.05) is 0 Å². The van der Waals surface area contributed by atoms with Crippen LogP contribution in [0, 0.1) is 35.5 Å². The number of nitrogens with zero attached hydrogens (tertiary/aromatic N) is 2. The summed E-state index contributed by atoms with van der Waals surface area (Å²) in [5.41, 5.74) is -1.07. The van der Waals surface area contributed by atoms with E-state index in [-0.39, 0.29) is 21.9 Å². The van der Waals surface area contributed by atoms with Gasteiger partial charge in [-0.1, -0.05) is 28.1 Å². The molecule has 6 bridgehead atoms. The van der Waals surface area contributed by atoms with Crippen molar-refractivity contribution in [2.24, 2.45) is 35.5 Å². The molecule has 7 atom stereocenters. The van der Waals surface area contributed by atoms with Gasteiger partial charge in [0.1, 0.15) is 10.4 Å². The molecule has 6 aliphatic rings. The van der Waals surface area contributed by atoms with Crippen molar-refractivity contribution in [2.75, 3.05) is 0 Å². The van der Waals surface area contributed by atoms with E-state index in [0.717, 1.165) is 37.0 Å². The molecule has 0 radical (unpaired) electrons. The van der Waals surface area contributed by atoms with Gasteiger partial charge in [0.15, 0.2) is 0 Å². The van der Waals surface area contributed by atoms with Crippen LogP contribution < -0.4 is 0 Å². The first kappa shape index (κ1) is 17.7. The van der Waals surface area contributed by atoms with Crippen molar-refractivity contribution in [3.63, 3.8) is 0 Å². The fourth-order valence-electron chi connectivity index (χ4n) is 7.73. The zero-order valence-corrected chi connectivity index (χ0v) is 17.7. The van der Waals surface area contributed by atoms with Crippen LogP contribution in [-0.4, -0.2) is 35.3 Å². The summed E-state index contributed by atoms with van der Waals surface area (Å²) in [7, 11) is -3.90. The Labute approximate surface area is 171 Å². The molecule has 0 N–H and O–H groups in total. The van der Waals surface area contributed by atoms with Crippen molar-refractivity contribution in [1.82, 2.24) is 9.42 Å². The van der Waals surface area contributed by atoms with Crippen LogP contribution in [0.3, 0.4) is 0 Å². The topological polar surface area (TPSA) is 57.7 Å². The van der Waals surface area contributed by atoms with Gasteiger partial charge in [-0.3, -0.25) is 9.80 Å². The van der Waals surface area contributed by atoms with E-state index in [1.807, 2.05) is 0 Å². The van der Waals surface area contributed by atoms with Gasteiger partial charge in [0.25, 0.3) is 15.9 Å². The predicted molar refractivity (Wildman–Crippen MR) is 105 cm³/mol. The average Bonchev–Trinajstić information content (AvgIpc) is 3.06. The number of sulfonamides is 1. The second-order valence-corrected chi connectivity index (χ2v) is 12.1. The monoisotopic (exact) mass is 420 g/mol. The van der Waals surface area contributed by atoms with E-state index in [9.17, 15) is 13.2 Å². The molecule has 5 saturated carbocycles. The zero-order chi connectivity index (χ0) is 19.6. The molecular formula is C21H25ClN2O3S. The lowest BCUT2D eigenvalue weighted by molar-refractivity contribution is -0.217. The molecule has 5 aliphatic carbocycles. The minimum atomic E-state index is -3.90. The fourth-order valence-corrected chi connectivity index (χ4v) is 10.0. The molecule has 7 unspecified atom stereocenters. The molecular weight excluding hydrogens is 396 g/mol. The number of benzene rings is 1. The molecule has 7 rings (SSSR count). The molecule has 1 amide bonds. The van der Waals surface area contributed by atoms with Gasteiger partial charge in [-0.25, -0.2) is 8.42 Å². The van der Waals surface area contributed by atoms with Gasteiger partial charge in [0.2, 0.25) is 0 Å². The number of hydrogen-bond acceptors (Lipinski definition) is 3. The summed E-state index contributed by atoms with van der Waals surface area (Å²) < 4.78 is 28.5. The van der Waals surface area contributed by atoms with Crippen LogP contribution >= 0.6 is 11.6 Å². The number of rotatable bonds is 3. The Morgan fingerprint density at radius 2 is 1.68 bits per heavy atom. The summed E-state index contributed by atoms with van der Waals surface area (Å²) in [6.07, 6.45) is 4.84. The number of halogens is 1. The Balaban J connectivity index is 1.42. The number of carbonyl (C=O) groups is 1. The lowest BCUT2D eigenvalue weighted by Crippen LogP contribution is -2.80. The second kappa shape index (κ2) is 5.32. The van der Waals surface area contributed by atoms with Gasteiger partial charge in [-0.15, -0.1) is 0 Å². The lowest BCUT2D eigenvalue weighted by atomic mass is 9.57. The number of hydrazine groups is 1. The van der Waals surface area contributed by atoms with Crippen LogP contribution in [0.15, 0.2) is 29.2 Å². The van der Waals surface area contributed by atoms with Crippen LogP contribution in [-0.2, 0) is 14.8 Å². The van der Waals surface area contributed by atoms with Crippen molar-refractivity contribution in [3.05, 3.63) is 29.3 Å². The number of carbonyl (C=O) groups excluding carboxylic acids is 1. The van der Waals surface area contributed by atoms with E-state index >= 15 is 0 Å². The molecule has 28 heavy (non-hydrogen) atoms. The molecule has 6 fully saturated rings. The molecule has 5 nitrogen and oxygen atoms in total. The van der Waals surface area contributed by atoms with E-state index in [1.54, 1.807) is 37.1 Å². The Kier molecular flexibility index (Phi) is 3.37. The van der Waals surface area contributed by atoms with E-state index < -0.39 is 15.6 Å². The summed E-state index contributed by atoms with van der Waals surface area (Å²) >= 11 is 6.24. The molecule has 0 spiro atoms. The smallest absolute Gasteiger partial charge is 0.262 e. The maximum Gasteiger partial charge on any atom is 0.262 e. The maximum absolute atomic E-state index is 13.6. The predicted octanol–water partition coefficient (Wildman–Crippen LogP) is 3.55. The molecule has 0 aromatic heterocycles. The van der Waals surface area contributed by atoms with E-state index in [2.05, 4.69) is 0 Å². The van der Waals surface area contributed by atoms with Crippen molar-refractivity contribution >= 4 is 27.5 Å². The molecule has 1 saturated heterocycles. The van der Waals surface area contributed by atoms with Crippen LogP contribution in [0.4, 0.5) is 0 Å². The Morgan fingerprint density at radius 1 is 1.00 bits per heavy atom. The lowest BCUT2D eigenvalue weighted by Gasteiger charge is -2.62. The average molecular weight is 421 g/mol. The van der Waals surface area contributed by atoms with Gasteiger partial charge >= 0.3 is 0 Å². The minimum absolute atomic E-state index is 0.0283. The molecule has 150 valence electrons. The van der Waals surface area contributed by atoms with Gasteiger partial charge < -0.3 is 0 Å². The normalized spacial score (nSPS) is 43.0. The molecule has 1 heterocycles. The summed E-state index contributed by atoms with van der Waals surface area (Å²) in [6.45, 7) is 3.41. The summed E-state index contributed by atoms with van der Waals surface area (Å²) in [5, 5.41) is 1.83. The first-order valence-corrected chi connectivity index (χ1v) is 12.2. The Hall–Kier alpha value is -1.11. The largest absolute Gasteiger partial charge is 0.271 e. The number of amides is 1. The molecule has 1 aromatic rings. The third-order valence-electron chi connectivity index (χ3n) is 8.45. The van der Waals surface area contributed by atoms with Gasteiger partial charge in [-0.2, -0.15) is 0 Å². The third kappa shape index (κ3) is 1.93. The zero-order valence-electron chi connectivity index (χ0n) is 16.1. The van der Waals surface area contributed by atoms with Crippen LogP contribution in [0.2, 0.25) is 5.02 Å². The molecule has 1 aromatic carbocycles. The van der Waals surface area contributed by atoms with E-state index in [1.165, 1.54) is 16.9 Å². The SMILES string of the molecule is CC1(C)C(=O)N(C2C3CC4CC5CC2C4C5C3)N1S(=O)(=O)c1ccccc1Cl. The fraction of sp³-hybridized carbons (Fsp3) is 0.667. The van der Waals surface area contributed by atoms with E-state index in [4.69, 9.17) is 11.6 Å². The van der Waals surface area contributed by atoms with Gasteiger partial charge in [-0.05, 0) is 87.2 Å². The highest BCUT2D eigenvalue weighted by Crippen LogP contribution is 2.70. The highest BCUT2D eigenvalue weighted by Gasteiger charge is 2.70. The highest BCUT2D eigenvalue weighted by molar-refractivity contribution is 7.89. The molecule has 1 aliphatic heterocycles. The standard InChI is InChI=1S/C21H25ClN2O3S/c1-21(2)20(25)23(24(21)28(26,27)17-6-4-3-5-16(17)22)19-13-8-12-7-11-9-15(19)18(12)14(11)10-13/h3-6,11-15,18-19H,7-10H2,1-2H3. The quantitative estimate of drug-likeness (QED) is 0.751. The highest BCUT2D eigenvalue weighted by atomic mass is 35.5. The second-order valence-electron chi connectivity index (χ2n) is 10.0. The molecule has 7 heteroatoms. The summed E-state index contributed by atoms with van der Waals surface area (Å²) in [6, 6.07) is 6.54. The van der Waals surface area contributed by atoms with Crippen LogP contribution in [0.5, 0.6) is 0 Å². The summed E-state index contributed by atoms with van der Waals surface area (Å²) in [4.78, 5) is 13.3. The third-order valence-corrected chi connectivity index (χ3v) is 10.9. The first-order valence-electron chi connectivity index (χ1n) is 10.4.